The van der Waals surface area contributed by atoms with E-state index < -0.39 is 0 Å². The van der Waals surface area contributed by atoms with E-state index in [9.17, 15) is 15.0 Å². The number of nitrogens with zero attached hydrogens (tertiary/aromatic N) is 2. The van der Waals surface area contributed by atoms with Crippen LogP contribution in [0.3, 0.4) is 0 Å². The Balaban J connectivity index is 1.57. The second kappa shape index (κ2) is 7.35. The van der Waals surface area contributed by atoms with Gasteiger partial charge in [0.2, 0.25) is 5.88 Å². The largest absolute Gasteiger partial charge is 0.494 e. The number of benzene rings is 3. The van der Waals surface area contributed by atoms with Gasteiger partial charge in [0.25, 0.3) is 5.56 Å². The monoisotopic (exact) mass is 427 g/mol. The number of pyridine rings is 1. The molecule has 4 aromatic rings. The fourth-order valence-corrected chi connectivity index (χ4v) is 5.35. The van der Waals surface area contributed by atoms with Gasteiger partial charge in [0.05, 0.1) is 24.6 Å². The highest BCUT2D eigenvalue weighted by molar-refractivity contribution is 6.15. The Bertz CT molecular complexity index is 1460. The molecule has 1 fully saturated rings. The molecule has 3 aromatic carbocycles. The Morgan fingerprint density at radius 2 is 1.69 bits per heavy atom. The molecule has 0 spiro atoms. The molecule has 3 N–H and O–H groups in total. The molecule has 2 heterocycles. The van der Waals surface area contributed by atoms with Gasteiger partial charge in [-0.25, -0.2) is 0 Å². The molecule has 0 amide bonds. The van der Waals surface area contributed by atoms with E-state index in [1.165, 1.54) is 17.4 Å². The molecular formula is C26H25N3O3. The van der Waals surface area contributed by atoms with Crippen LogP contribution in [0.2, 0.25) is 0 Å². The number of aromatic nitrogens is 1. The summed E-state index contributed by atoms with van der Waals surface area (Å²) in [6.45, 7) is 0.231. The Hall–Kier alpha value is -3.38. The van der Waals surface area contributed by atoms with E-state index in [-0.39, 0.29) is 30.6 Å². The summed E-state index contributed by atoms with van der Waals surface area (Å²) < 4.78 is 1.42. The molecule has 2 unspecified atom stereocenters. The van der Waals surface area contributed by atoms with E-state index in [1.54, 1.807) is 0 Å². The zero-order chi connectivity index (χ0) is 21.8. The fourth-order valence-electron chi connectivity index (χ4n) is 5.35. The molecule has 2 aliphatic rings. The number of nitrogens with one attached hydrogen (secondary N) is 1. The molecular weight excluding hydrogens is 402 g/mol. The van der Waals surface area contributed by atoms with Crippen LogP contribution in [0, 0.1) is 0 Å². The van der Waals surface area contributed by atoms with Gasteiger partial charge < -0.3 is 15.5 Å². The summed E-state index contributed by atoms with van der Waals surface area (Å²) in [6, 6.07) is 15.7. The molecule has 1 aliphatic heterocycles. The van der Waals surface area contributed by atoms with E-state index in [4.69, 9.17) is 4.99 Å². The molecule has 0 bridgehead atoms. The van der Waals surface area contributed by atoms with Crippen molar-refractivity contribution in [3.63, 3.8) is 0 Å². The lowest BCUT2D eigenvalue weighted by Crippen LogP contribution is -2.35. The quantitative estimate of drug-likeness (QED) is 0.467. The van der Waals surface area contributed by atoms with Crippen molar-refractivity contribution < 1.29 is 10.2 Å². The summed E-state index contributed by atoms with van der Waals surface area (Å²) in [6.07, 6.45) is 4.56. The number of hydrogen-bond acceptors (Lipinski definition) is 5. The van der Waals surface area contributed by atoms with Crippen molar-refractivity contribution in [1.82, 2.24) is 4.57 Å². The summed E-state index contributed by atoms with van der Waals surface area (Å²) in [5, 5.41) is 28.0. The zero-order valence-corrected chi connectivity index (χ0v) is 17.7. The van der Waals surface area contributed by atoms with Gasteiger partial charge in [-0.1, -0.05) is 37.1 Å². The molecule has 162 valence electrons. The average Bonchev–Trinajstić information content (AvgIpc) is 2.99. The highest BCUT2D eigenvalue weighted by atomic mass is 16.3. The SMILES string of the molecule is O=c1c2ccc3c4c(ccc(c(O)n1Cc1ccc(CO)cc1)c24)=NC1CCCCC1N3. The maximum atomic E-state index is 13.5. The van der Waals surface area contributed by atoms with Gasteiger partial charge >= 0.3 is 0 Å². The second-order valence-corrected chi connectivity index (χ2v) is 8.96. The van der Waals surface area contributed by atoms with Gasteiger partial charge in [-0.2, -0.15) is 0 Å². The molecule has 6 heteroatoms. The van der Waals surface area contributed by atoms with Crippen molar-refractivity contribution in [2.75, 3.05) is 5.32 Å². The molecule has 2 atom stereocenters. The van der Waals surface area contributed by atoms with Gasteiger partial charge in [0.15, 0.2) is 0 Å². The standard InChI is InChI=1S/C26H25N3O3/c30-14-16-7-5-15(6-8-16)13-29-25(31)17-9-11-21-24-22(12-10-18(23(17)24)26(29)32)28-20-4-2-1-3-19(20)27-21/h5-12,19-20,27,30,32H,1-4,13-14H2. The lowest BCUT2D eigenvalue weighted by atomic mass is 9.91. The Morgan fingerprint density at radius 3 is 2.50 bits per heavy atom. The minimum absolute atomic E-state index is 0.0266. The average molecular weight is 428 g/mol. The van der Waals surface area contributed by atoms with Crippen LogP contribution in [0.15, 0.2) is 58.3 Å². The first-order valence-electron chi connectivity index (χ1n) is 11.3. The van der Waals surface area contributed by atoms with Crippen LogP contribution in [0.5, 0.6) is 5.88 Å². The molecule has 6 nitrogen and oxygen atoms in total. The third kappa shape index (κ3) is 2.90. The number of fused-ring (bicyclic) bond motifs is 1. The number of anilines is 1. The van der Waals surface area contributed by atoms with Gasteiger partial charge in [0.1, 0.15) is 0 Å². The van der Waals surface area contributed by atoms with Gasteiger partial charge in [-0.15, -0.1) is 0 Å². The molecule has 0 saturated heterocycles. The van der Waals surface area contributed by atoms with Crippen molar-refractivity contribution in [1.29, 1.82) is 0 Å². The van der Waals surface area contributed by atoms with Crippen LogP contribution < -0.4 is 16.2 Å². The minimum atomic E-state index is -0.216. The van der Waals surface area contributed by atoms with Gasteiger partial charge in [-0.05, 0) is 48.2 Å². The number of hydrogen-bond donors (Lipinski definition) is 3. The molecule has 0 radical (unpaired) electrons. The van der Waals surface area contributed by atoms with Crippen LogP contribution in [-0.2, 0) is 13.2 Å². The molecule has 6 rings (SSSR count). The number of aromatic hydroxyl groups is 1. The van der Waals surface area contributed by atoms with Crippen molar-refractivity contribution >= 4 is 27.2 Å². The predicted octanol–water partition coefficient (Wildman–Crippen LogP) is 3.48. The summed E-state index contributed by atoms with van der Waals surface area (Å²) in [7, 11) is 0. The maximum absolute atomic E-state index is 13.5. The second-order valence-electron chi connectivity index (χ2n) is 8.96. The van der Waals surface area contributed by atoms with Crippen LogP contribution >= 0.6 is 0 Å². The molecule has 1 aliphatic carbocycles. The van der Waals surface area contributed by atoms with Crippen molar-refractivity contribution in [2.45, 2.75) is 50.9 Å². The van der Waals surface area contributed by atoms with Gasteiger partial charge in [-0.3, -0.25) is 14.4 Å². The third-order valence-electron chi connectivity index (χ3n) is 7.03. The van der Waals surface area contributed by atoms with Gasteiger partial charge in [0, 0.05) is 33.3 Å². The Labute approximate surface area is 184 Å². The first-order chi connectivity index (χ1) is 15.6. The van der Waals surface area contributed by atoms with Crippen LogP contribution in [-0.4, -0.2) is 26.9 Å². The molecule has 1 saturated carbocycles. The van der Waals surface area contributed by atoms with E-state index in [0.717, 1.165) is 45.8 Å². The Kier molecular flexibility index (Phi) is 4.43. The van der Waals surface area contributed by atoms with Crippen molar-refractivity contribution in [3.8, 4) is 5.88 Å². The predicted molar refractivity (Wildman–Crippen MR) is 125 cm³/mol. The lowest BCUT2D eigenvalue weighted by molar-refractivity contribution is 0.282. The fraction of sp³-hybridized carbons (Fsp3) is 0.308. The van der Waals surface area contributed by atoms with Crippen LogP contribution in [0.25, 0.3) is 21.5 Å². The van der Waals surface area contributed by atoms with Crippen molar-refractivity contribution in [2.24, 2.45) is 4.99 Å². The Morgan fingerprint density at radius 1 is 0.938 bits per heavy atom. The van der Waals surface area contributed by atoms with Crippen LogP contribution in [0.4, 0.5) is 5.69 Å². The van der Waals surface area contributed by atoms with Crippen molar-refractivity contribution in [3.05, 3.63) is 75.4 Å². The molecule has 32 heavy (non-hydrogen) atoms. The topological polar surface area (TPSA) is 86.8 Å². The van der Waals surface area contributed by atoms with E-state index in [1.807, 2.05) is 48.5 Å². The summed E-state index contributed by atoms with van der Waals surface area (Å²) in [5.41, 5.74) is 2.47. The number of rotatable bonds is 3. The highest BCUT2D eigenvalue weighted by Gasteiger charge is 2.28. The minimum Gasteiger partial charge on any atom is -0.494 e. The first kappa shape index (κ1) is 19.3. The highest BCUT2D eigenvalue weighted by Crippen LogP contribution is 2.36. The number of aliphatic hydroxyl groups excluding tert-OH is 1. The summed E-state index contributed by atoms with van der Waals surface area (Å²) in [5.74, 6) is -0.0286. The molecule has 1 aromatic heterocycles. The first-order valence-corrected chi connectivity index (χ1v) is 11.3. The third-order valence-corrected chi connectivity index (χ3v) is 7.03. The van der Waals surface area contributed by atoms with Crippen LogP contribution in [0.1, 0.15) is 36.8 Å². The number of aliphatic hydroxyl groups is 1. The zero-order valence-electron chi connectivity index (χ0n) is 17.7. The maximum Gasteiger partial charge on any atom is 0.261 e. The smallest absolute Gasteiger partial charge is 0.261 e. The lowest BCUT2D eigenvalue weighted by Gasteiger charge is -2.29. The van der Waals surface area contributed by atoms with E-state index in [2.05, 4.69) is 5.32 Å². The summed E-state index contributed by atoms with van der Waals surface area (Å²) in [4.78, 5) is 18.5. The van der Waals surface area contributed by atoms with E-state index >= 15 is 0 Å². The van der Waals surface area contributed by atoms with E-state index in [0.29, 0.717) is 16.8 Å². The normalized spacial score (nSPS) is 19.9. The summed E-state index contributed by atoms with van der Waals surface area (Å²) >= 11 is 0.